The minimum absolute atomic E-state index is 0.143. The van der Waals surface area contributed by atoms with E-state index in [-0.39, 0.29) is 16.8 Å². The van der Waals surface area contributed by atoms with Gasteiger partial charge >= 0.3 is 0 Å². The Balaban J connectivity index is 1.38. The van der Waals surface area contributed by atoms with Crippen molar-refractivity contribution in [1.82, 2.24) is 9.62 Å². The molecular formula is C25H33N3O4S. The van der Waals surface area contributed by atoms with Gasteiger partial charge in [-0.15, -0.1) is 0 Å². The van der Waals surface area contributed by atoms with Crippen LogP contribution in [0.5, 0.6) is 0 Å². The predicted molar refractivity (Wildman–Crippen MR) is 129 cm³/mol. The van der Waals surface area contributed by atoms with E-state index in [4.69, 9.17) is 4.74 Å². The standard InChI is InChI=1S/C25H33N3O4S/c1-17-6-4-5-7-23(17)25(29)26-24-9-8-22(14-18(24)2)33(30,31)27-19(3)20-10-12-28(13-11-20)21-15-32-16-21/h4-9,14,19-21,27H,10-13,15-16H2,1-3H3,(H,26,29). The second kappa shape index (κ2) is 9.93. The van der Waals surface area contributed by atoms with E-state index in [1.165, 1.54) is 0 Å². The van der Waals surface area contributed by atoms with E-state index >= 15 is 0 Å². The molecule has 2 fully saturated rings. The van der Waals surface area contributed by atoms with Gasteiger partial charge in [0.05, 0.1) is 24.2 Å². The number of likely N-dealkylation sites (tertiary alicyclic amines) is 1. The van der Waals surface area contributed by atoms with Crippen LogP contribution in [0.2, 0.25) is 0 Å². The Morgan fingerprint density at radius 1 is 1.06 bits per heavy atom. The van der Waals surface area contributed by atoms with Crippen molar-refractivity contribution >= 4 is 21.6 Å². The SMILES string of the molecule is Cc1cc(S(=O)(=O)NC(C)C2CCN(C3COC3)CC2)ccc1NC(=O)c1ccccc1C. The highest BCUT2D eigenvalue weighted by Crippen LogP contribution is 2.26. The number of piperidine rings is 1. The Morgan fingerprint density at radius 2 is 1.76 bits per heavy atom. The predicted octanol–water partition coefficient (Wildman–Crippen LogP) is 3.33. The van der Waals surface area contributed by atoms with E-state index < -0.39 is 10.0 Å². The number of anilines is 1. The Hall–Kier alpha value is -2.26. The Bertz CT molecular complexity index is 1110. The quantitative estimate of drug-likeness (QED) is 0.647. The Labute approximate surface area is 196 Å². The van der Waals surface area contributed by atoms with Crippen molar-refractivity contribution in [2.24, 2.45) is 5.92 Å². The Morgan fingerprint density at radius 3 is 2.36 bits per heavy atom. The number of nitrogens with one attached hydrogen (secondary N) is 2. The monoisotopic (exact) mass is 471 g/mol. The van der Waals surface area contributed by atoms with Crippen LogP contribution in [0.1, 0.15) is 41.3 Å². The summed E-state index contributed by atoms with van der Waals surface area (Å²) in [4.78, 5) is 15.3. The number of aryl methyl sites for hydroxylation is 2. The molecule has 4 rings (SSSR count). The van der Waals surface area contributed by atoms with Gasteiger partial charge in [0.15, 0.2) is 0 Å². The number of carbonyl (C=O) groups excluding carboxylic acids is 1. The molecule has 2 saturated heterocycles. The van der Waals surface area contributed by atoms with Crippen LogP contribution in [0.4, 0.5) is 5.69 Å². The molecule has 8 heteroatoms. The first-order chi connectivity index (χ1) is 15.7. The summed E-state index contributed by atoms with van der Waals surface area (Å²) >= 11 is 0. The molecule has 2 aromatic rings. The van der Waals surface area contributed by atoms with Crippen molar-refractivity contribution in [2.75, 3.05) is 31.6 Å². The summed E-state index contributed by atoms with van der Waals surface area (Å²) in [6, 6.07) is 12.6. The van der Waals surface area contributed by atoms with Gasteiger partial charge in [-0.1, -0.05) is 18.2 Å². The van der Waals surface area contributed by atoms with Crippen LogP contribution in [0.15, 0.2) is 47.4 Å². The normalized spacial score (nSPS) is 19.1. The van der Waals surface area contributed by atoms with Gasteiger partial charge in [0.2, 0.25) is 10.0 Å². The number of sulfonamides is 1. The molecule has 0 aliphatic carbocycles. The summed E-state index contributed by atoms with van der Waals surface area (Å²) in [5, 5.41) is 2.89. The van der Waals surface area contributed by atoms with Gasteiger partial charge in [-0.25, -0.2) is 13.1 Å². The minimum atomic E-state index is -3.66. The van der Waals surface area contributed by atoms with Crippen LogP contribution < -0.4 is 10.0 Å². The first-order valence-corrected chi connectivity index (χ1v) is 13.0. The minimum Gasteiger partial charge on any atom is -0.378 e. The number of amides is 1. The van der Waals surface area contributed by atoms with Crippen LogP contribution in [0.3, 0.4) is 0 Å². The lowest BCUT2D eigenvalue weighted by molar-refractivity contribution is -0.0745. The second-order valence-electron chi connectivity index (χ2n) is 9.22. The summed E-state index contributed by atoms with van der Waals surface area (Å²) in [7, 11) is -3.66. The molecule has 0 saturated carbocycles. The van der Waals surface area contributed by atoms with E-state index in [2.05, 4.69) is 14.9 Å². The molecule has 33 heavy (non-hydrogen) atoms. The van der Waals surface area contributed by atoms with Crippen molar-refractivity contribution in [3.05, 3.63) is 59.2 Å². The summed E-state index contributed by atoms with van der Waals surface area (Å²) < 4.78 is 34.2. The third-order valence-corrected chi connectivity index (χ3v) is 8.46. The molecule has 2 aliphatic rings. The second-order valence-corrected chi connectivity index (χ2v) is 10.9. The molecule has 0 aromatic heterocycles. The van der Waals surface area contributed by atoms with Crippen LogP contribution in [-0.2, 0) is 14.8 Å². The first-order valence-electron chi connectivity index (χ1n) is 11.6. The largest absolute Gasteiger partial charge is 0.378 e. The average molecular weight is 472 g/mol. The molecule has 1 amide bonds. The average Bonchev–Trinajstić information content (AvgIpc) is 2.74. The van der Waals surface area contributed by atoms with Crippen LogP contribution >= 0.6 is 0 Å². The molecule has 0 radical (unpaired) electrons. The maximum Gasteiger partial charge on any atom is 0.255 e. The zero-order valence-electron chi connectivity index (χ0n) is 19.5. The Kier molecular flexibility index (Phi) is 7.19. The maximum atomic E-state index is 13.0. The highest BCUT2D eigenvalue weighted by atomic mass is 32.2. The fraction of sp³-hybridized carbons (Fsp3) is 0.480. The summed E-state index contributed by atoms with van der Waals surface area (Å²) in [5.41, 5.74) is 2.78. The molecule has 1 unspecified atom stereocenters. The smallest absolute Gasteiger partial charge is 0.255 e. The number of ether oxygens (including phenoxy) is 1. The molecule has 2 heterocycles. The van der Waals surface area contributed by atoms with Crippen molar-refractivity contribution in [3.8, 4) is 0 Å². The molecule has 2 aliphatic heterocycles. The van der Waals surface area contributed by atoms with Crippen molar-refractivity contribution in [3.63, 3.8) is 0 Å². The molecule has 1 atom stereocenters. The van der Waals surface area contributed by atoms with Gasteiger partial charge in [0, 0.05) is 17.3 Å². The van der Waals surface area contributed by atoms with Gasteiger partial charge in [0.1, 0.15) is 0 Å². The highest BCUT2D eigenvalue weighted by molar-refractivity contribution is 7.89. The van der Waals surface area contributed by atoms with Crippen LogP contribution in [0.25, 0.3) is 0 Å². The van der Waals surface area contributed by atoms with E-state index in [9.17, 15) is 13.2 Å². The van der Waals surface area contributed by atoms with Crippen LogP contribution in [-0.4, -0.2) is 57.6 Å². The third kappa shape index (κ3) is 5.46. The zero-order valence-corrected chi connectivity index (χ0v) is 20.3. The lowest BCUT2D eigenvalue weighted by Gasteiger charge is -2.42. The van der Waals surface area contributed by atoms with Gasteiger partial charge < -0.3 is 10.1 Å². The van der Waals surface area contributed by atoms with Crippen molar-refractivity contribution < 1.29 is 17.9 Å². The topological polar surface area (TPSA) is 87.7 Å². The zero-order chi connectivity index (χ0) is 23.6. The molecule has 2 N–H and O–H groups in total. The number of hydrogen-bond acceptors (Lipinski definition) is 5. The molecule has 0 spiro atoms. The number of benzene rings is 2. The van der Waals surface area contributed by atoms with E-state index in [1.54, 1.807) is 31.2 Å². The highest BCUT2D eigenvalue weighted by Gasteiger charge is 2.32. The first kappa shape index (κ1) is 23.9. The lowest BCUT2D eigenvalue weighted by Crippen LogP contribution is -2.53. The molecule has 7 nitrogen and oxygen atoms in total. The van der Waals surface area contributed by atoms with Crippen molar-refractivity contribution in [2.45, 2.75) is 50.6 Å². The van der Waals surface area contributed by atoms with Gasteiger partial charge in [-0.3, -0.25) is 9.69 Å². The van der Waals surface area contributed by atoms with E-state index in [0.717, 1.165) is 44.7 Å². The van der Waals surface area contributed by atoms with E-state index in [0.29, 0.717) is 28.8 Å². The van der Waals surface area contributed by atoms with Crippen molar-refractivity contribution in [1.29, 1.82) is 0 Å². The molecular weight excluding hydrogens is 438 g/mol. The fourth-order valence-corrected chi connectivity index (χ4v) is 5.99. The van der Waals surface area contributed by atoms with Crippen LogP contribution in [0, 0.1) is 19.8 Å². The van der Waals surface area contributed by atoms with Gasteiger partial charge in [0.25, 0.3) is 5.91 Å². The summed E-state index contributed by atoms with van der Waals surface area (Å²) in [6.45, 7) is 9.24. The lowest BCUT2D eigenvalue weighted by atomic mass is 9.90. The molecule has 0 bridgehead atoms. The van der Waals surface area contributed by atoms with E-state index in [1.807, 2.05) is 32.0 Å². The molecule has 2 aromatic carbocycles. The number of carbonyl (C=O) groups is 1. The van der Waals surface area contributed by atoms with Gasteiger partial charge in [-0.05, 0) is 88.0 Å². The summed E-state index contributed by atoms with van der Waals surface area (Å²) in [5.74, 6) is 0.101. The maximum absolute atomic E-state index is 13.0. The fourth-order valence-electron chi connectivity index (χ4n) is 4.59. The number of hydrogen-bond donors (Lipinski definition) is 2. The van der Waals surface area contributed by atoms with Gasteiger partial charge in [-0.2, -0.15) is 0 Å². The number of nitrogens with zero attached hydrogens (tertiary/aromatic N) is 1. The molecule has 178 valence electrons. The third-order valence-electron chi connectivity index (χ3n) is 6.91. The summed E-state index contributed by atoms with van der Waals surface area (Å²) in [6.07, 6.45) is 1.95. The number of rotatable bonds is 7.